The molecule has 1 aliphatic heterocycles. The number of aromatic nitrogens is 1. The monoisotopic (exact) mass is 322 g/mol. The number of carbonyl (C=O) groups excluding carboxylic acids is 1. The lowest BCUT2D eigenvalue weighted by atomic mass is 10.1. The van der Waals surface area contributed by atoms with Crippen molar-refractivity contribution in [2.75, 3.05) is 11.9 Å². The molecule has 5 heteroatoms. The number of rotatable bonds is 2. The molecule has 18 heavy (non-hydrogen) atoms. The van der Waals surface area contributed by atoms with E-state index in [1.54, 1.807) is 16.2 Å². The third-order valence-corrected chi connectivity index (χ3v) is 4.87. The van der Waals surface area contributed by atoms with Crippen molar-refractivity contribution in [1.29, 1.82) is 0 Å². The maximum atomic E-state index is 11.6. The molecule has 3 rings (SSSR count). The molecule has 2 aromatic rings. The van der Waals surface area contributed by atoms with E-state index in [0.29, 0.717) is 6.42 Å². The first-order valence-electron chi connectivity index (χ1n) is 5.59. The van der Waals surface area contributed by atoms with Crippen molar-refractivity contribution >= 4 is 38.9 Å². The first-order chi connectivity index (χ1) is 8.69. The average Bonchev–Trinajstić information content (AvgIpc) is 2.95. The highest BCUT2D eigenvalue weighted by atomic mass is 79.9. The van der Waals surface area contributed by atoms with Crippen LogP contribution < -0.4 is 4.90 Å². The molecule has 0 unspecified atom stereocenters. The Kier molecular flexibility index (Phi) is 2.95. The van der Waals surface area contributed by atoms with Crippen LogP contribution in [0.3, 0.4) is 0 Å². The zero-order chi connectivity index (χ0) is 12.7. The Labute approximate surface area is 118 Å². The lowest BCUT2D eigenvalue weighted by molar-refractivity contribution is -0.117. The third-order valence-electron chi connectivity index (χ3n) is 3.12. The molecule has 0 fully saturated rings. The molecular formula is C13H11BrN2OS. The normalized spacial score (nSPS) is 14.1. The molecule has 1 aromatic heterocycles. The number of alkyl halides is 1. The summed E-state index contributed by atoms with van der Waals surface area (Å²) < 4.78 is 0. The van der Waals surface area contributed by atoms with E-state index >= 15 is 0 Å². The van der Waals surface area contributed by atoms with Gasteiger partial charge in [-0.2, -0.15) is 0 Å². The fourth-order valence-corrected chi connectivity index (χ4v) is 3.31. The van der Waals surface area contributed by atoms with Gasteiger partial charge in [0.15, 0.2) is 0 Å². The van der Waals surface area contributed by atoms with Gasteiger partial charge >= 0.3 is 0 Å². The zero-order valence-electron chi connectivity index (χ0n) is 9.81. The largest absolute Gasteiger partial charge is 0.315 e. The number of hydrogen-bond acceptors (Lipinski definition) is 3. The van der Waals surface area contributed by atoms with Crippen molar-refractivity contribution in [2.24, 2.45) is 0 Å². The van der Waals surface area contributed by atoms with Gasteiger partial charge in [-0.25, -0.2) is 4.98 Å². The highest BCUT2D eigenvalue weighted by Gasteiger charge is 2.24. The minimum Gasteiger partial charge on any atom is -0.315 e. The van der Waals surface area contributed by atoms with Gasteiger partial charge in [-0.3, -0.25) is 4.79 Å². The number of likely N-dealkylation sites (N-methyl/N-ethyl adjacent to an activating group) is 1. The predicted octanol–water partition coefficient (Wildman–Crippen LogP) is 3.22. The first-order valence-corrected chi connectivity index (χ1v) is 7.59. The van der Waals surface area contributed by atoms with E-state index < -0.39 is 0 Å². The summed E-state index contributed by atoms with van der Waals surface area (Å²) in [7, 11) is 1.82. The van der Waals surface area contributed by atoms with Crippen LogP contribution >= 0.6 is 27.3 Å². The minimum atomic E-state index is 0.154. The summed E-state index contributed by atoms with van der Waals surface area (Å²) in [5.74, 6) is 0.154. The lowest BCUT2D eigenvalue weighted by Gasteiger charge is -2.09. The number of nitrogens with zero attached hydrogens (tertiary/aromatic N) is 2. The molecule has 0 N–H and O–H groups in total. The molecular weight excluding hydrogens is 312 g/mol. The molecule has 0 saturated heterocycles. The maximum absolute atomic E-state index is 11.6. The minimum absolute atomic E-state index is 0.154. The van der Waals surface area contributed by atoms with E-state index in [0.717, 1.165) is 32.8 Å². The van der Waals surface area contributed by atoms with Gasteiger partial charge in [-0.1, -0.05) is 22.0 Å². The number of anilines is 1. The molecule has 1 aliphatic rings. The van der Waals surface area contributed by atoms with Crippen molar-refractivity contribution in [3.63, 3.8) is 0 Å². The molecule has 0 atom stereocenters. The number of carbonyl (C=O) groups is 1. The van der Waals surface area contributed by atoms with Crippen LogP contribution in [0.2, 0.25) is 0 Å². The Hall–Kier alpha value is -1.20. The van der Waals surface area contributed by atoms with Gasteiger partial charge in [0.2, 0.25) is 5.91 Å². The number of halogens is 1. The van der Waals surface area contributed by atoms with Gasteiger partial charge < -0.3 is 4.90 Å². The number of thiazole rings is 1. The van der Waals surface area contributed by atoms with Crippen molar-refractivity contribution < 1.29 is 4.79 Å². The Morgan fingerprint density at radius 2 is 2.33 bits per heavy atom. The Morgan fingerprint density at radius 1 is 1.50 bits per heavy atom. The summed E-state index contributed by atoms with van der Waals surface area (Å²) in [5, 5.41) is 3.90. The number of fused-ring (bicyclic) bond motifs is 1. The summed E-state index contributed by atoms with van der Waals surface area (Å²) in [6, 6.07) is 6.10. The van der Waals surface area contributed by atoms with E-state index in [1.807, 2.05) is 19.2 Å². The fourth-order valence-electron chi connectivity index (χ4n) is 2.13. The highest BCUT2D eigenvalue weighted by Crippen LogP contribution is 2.32. The molecule has 2 heterocycles. The van der Waals surface area contributed by atoms with E-state index in [-0.39, 0.29) is 5.91 Å². The molecule has 3 nitrogen and oxygen atoms in total. The van der Waals surface area contributed by atoms with E-state index in [1.165, 1.54) is 0 Å². The second-order valence-corrected chi connectivity index (χ2v) is 5.74. The molecule has 92 valence electrons. The zero-order valence-corrected chi connectivity index (χ0v) is 12.2. The number of amides is 1. The van der Waals surface area contributed by atoms with Crippen LogP contribution in [0.25, 0.3) is 11.3 Å². The third kappa shape index (κ3) is 1.87. The Bertz CT molecular complexity index is 623. The topological polar surface area (TPSA) is 33.2 Å². The van der Waals surface area contributed by atoms with Gasteiger partial charge in [-0.15, -0.1) is 11.3 Å². The summed E-state index contributed by atoms with van der Waals surface area (Å²) in [6.07, 6.45) is 0.495. The van der Waals surface area contributed by atoms with Gasteiger partial charge in [0.25, 0.3) is 0 Å². The fraction of sp³-hybridized carbons (Fsp3) is 0.231. The van der Waals surface area contributed by atoms with Gasteiger partial charge in [0.05, 0.1) is 17.4 Å². The summed E-state index contributed by atoms with van der Waals surface area (Å²) in [5.41, 5.74) is 4.17. The quantitative estimate of drug-likeness (QED) is 0.795. The molecule has 0 radical (unpaired) electrons. The second kappa shape index (κ2) is 4.48. The van der Waals surface area contributed by atoms with Crippen molar-refractivity contribution in [2.45, 2.75) is 11.8 Å². The number of benzene rings is 1. The molecule has 0 bridgehead atoms. The molecule has 0 aliphatic carbocycles. The first kappa shape index (κ1) is 11.9. The highest BCUT2D eigenvalue weighted by molar-refractivity contribution is 9.08. The van der Waals surface area contributed by atoms with Crippen molar-refractivity contribution in [3.05, 3.63) is 34.2 Å². The van der Waals surface area contributed by atoms with Crippen LogP contribution in [0.1, 0.15) is 10.6 Å². The van der Waals surface area contributed by atoms with Gasteiger partial charge in [0.1, 0.15) is 5.01 Å². The van der Waals surface area contributed by atoms with Crippen LogP contribution in [0, 0.1) is 0 Å². The Balaban J connectivity index is 2.01. The summed E-state index contributed by atoms with van der Waals surface area (Å²) >= 11 is 5.05. The molecule has 1 amide bonds. The standard InChI is InChI=1S/C13H11BrN2OS/c1-16-11-3-2-8(4-9(11)5-13(16)17)10-7-18-12(6-14)15-10/h2-4,7H,5-6H2,1H3. The summed E-state index contributed by atoms with van der Waals surface area (Å²) in [4.78, 5) is 17.9. The van der Waals surface area contributed by atoms with Crippen molar-refractivity contribution in [3.8, 4) is 11.3 Å². The predicted molar refractivity (Wildman–Crippen MR) is 77.3 cm³/mol. The van der Waals surface area contributed by atoms with Crippen LogP contribution in [-0.4, -0.2) is 17.9 Å². The van der Waals surface area contributed by atoms with E-state index in [9.17, 15) is 4.79 Å². The molecule has 0 spiro atoms. The average molecular weight is 323 g/mol. The molecule has 1 aromatic carbocycles. The van der Waals surface area contributed by atoms with Crippen LogP contribution in [0.5, 0.6) is 0 Å². The maximum Gasteiger partial charge on any atom is 0.231 e. The van der Waals surface area contributed by atoms with Crippen LogP contribution in [0.15, 0.2) is 23.6 Å². The van der Waals surface area contributed by atoms with E-state index in [2.05, 4.69) is 32.4 Å². The van der Waals surface area contributed by atoms with Gasteiger partial charge in [0, 0.05) is 23.7 Å². The van der Waals surface area contributed by atoms with Crippen LogP contribution in [0.4, 0.5) is 5.69 Å². The van der Waals surface area contributed by atoms with Gasteiger partial charge in [-0.05, 0) is 17.7 Å². The second-order valence-electron chi connectivity index (χ2n) is 4.23. The Morgan fingerprint density at radius 3 is 3.06 bits per heavy atom. The van der Waals surface area contributed by atoms with E-state index in [4.69, 9.17) is 0 Å². The molecule has 0 saturated carbocycles. The van der Waals surface area contributed by atoms with Crippen LogP contribution in [-0.2, 0) is 16.5 Å². The lowest BCUT2D eigenvalue weighted by Crippen LogP contribution is -2.20. The van der Waals surface area contributed by atoms with Crippen molar-refractivity contribution in [1.82, 2.24) is 4.98 Å². The summed E-state index contributed by atoms with van der Waals surface area (Å²) in [6.45, 7) is 0. The number of hydrogen-bond donors (Lipinski definition) is 0. The smallest absolute Gasteiger partial charge is 0.231 e. The SMILES string of the molecule is CN1C(=O)Cc2cc(-c3csc(CBr)n3)ccc21.